The van der Waals surface area contributed by atoms with Crippen LogP contribution in [0.1, 0.15) is 0 Å². The summed E-state index contributed by atoms with van der Waals surface area (Å²) in [5, 5.41) is 4.95. The van der Waals surface area contributed by atoms with Crippen LogP contribution in [0.4, 0.5) is 0 Å². The van der Waals surface area contributed by atoms with Gasteiger partial charge in [0.2, 0.25) is 0 Å². The molecule has 7 aromatic carbocycles. The number of aromatic nitrogens is 4. The first-order chi connectivity index (χ1) is 23.3. The molecule has 0 aliphatic rings. The van der Waals surface area contributed by atoms with Crippen molar-refractivity contribution < 1.29 is 0 Å². The highest BCUT2D eigenvalue weighted by atomic mass is 15.0. The molecule has 0 saturated heterocycles. The van der Waals surface area contributed by atoms with E-state index in [1.165, 1.54) is 38.1 Å². The zero-order valence-corrected chi connectivity index (χ0v) is 25.5. The van der Waals surface area contributed by atoms with Crippen LogP contribution in [0.25, 0.3) is 83.6 Å². The quantitative estimate of drug-likeness (QED) is 0.197. The van der Waals surface area contributed by atoms with Gasteiger partial charge in [0.1, 0.15) is 0 Å². The third-order valence-corrected chi connectivity index (χ3v) is 8.86. The lowest BCUT2D eigenvalue weighted by Gasteiger charge is -2.12. The van der Waals surface area contributed by atoms with E-state index in [4.69, 9.17) is 15.0 Å². The largest absolute Gasteiger partial charge is 0.309 e. The van der Waals surface area contributed by atoms with Gasteiger partial charge in [0.05, 0.1) is 11.0 Å². The van der Waals surface area contributed by atoms with E-state index >= 15 is 0 Å². The molecule has 9 rings (SSSR count). The lowest BCUT2D eigenvalue weighted by atomic mass is 10.0. The van der Waals surface area contributed by atoms with Gasteiger partial charge in [0, 0.05) is 38.5 Å². The van der Waals surface area contributed by atoms with Gasteiger partial charge in [-0.05, 0) is 46.8 Å². The molecule has 0 N–H and O–H groups in total. The first-order valence-corrected chi connectivity index (χ1v) is 15.8. The number of nitrogens with zero attached hydrogens (tertiary/aromatic N) is 4. The molecular formula is C43H28N4. The highest BCUT2D eigenvalue weighted by Gasteiger charge is 2.16. The molecule has 0 bridgehead atoms. The third-order valence-electron chi connectivity index (χ3n) is 8.86. The van der Waals surface area contributed by atoms with Crippen LogP contribution in [0.3, 0.4) is 0 Å². The average Bonchev–Trinajstić information content (AvgIpc) is 3.50. The van der Waals surface area contributed by atoms with Crippen LogP contribution in [0.15, 0.2) is 170 Å². The third kappa shape index (κ3) is 4.75. The molecule has 2 aromatic heterocycles. The summed E-state index contributed by atoms with van der Waals surface area (Å²) < 4.78 is 2.37. The molecule has 0 radical (unpaired) electrons. The highest BCUT2D eigenvalue weighted by Crippen LogP contribution is 2.37. The number of para-hydroxylation sites is 1. The lowest BCUT2D eigenvalue weighted by molar-refractivity contribution is 1.07. The summed E-state index contributed by atoms with van der Waals surface area (Å²) in [4.78, 5) is 14.9. The fraction of sp³-hybridized carbons (Fsp3) is 0. The molecule has 9 aromatic rings. The Labute approximate surface area is 272 Å². The number of benzene rings is 7. The van der Waals surface area contributed by atoms with Gasteiger partial charge < -0.3 is 4.57 Å². The van der Waals surface area contributed by atoms with Crippen molar-refractivity contribution in [2.75, 3.05) is 0 Å². The van der Waals surface area contributed by atoms with Gasteiger partial charge in [0.15, 0.2) is 17.5 Å². The molecule has 0 spiro atoms. The van der Waals surface area contributed by atoms with Crippen molar-refractivity contribution in [2.24, 2.45) is 0 Å². The SMILES string of the molecule is c1ccc(-c2ccc(-c3nc(-c4ccccc4)nc(-c4ccc(-n5c6ccccc6c6ccc7ccccc7c65)cc4)n3)cc2)cc1. The highest BCUT2D eigenvalue weighted by molar-refractivity contribution is 6.18. The Hall–Kier alpha value is -6.39. The van der Waals surface area contributed by atoms with Crippen molar-refractivity contribution >= 4 is 32.6 Å². The van der Waals surface area contributed by atoms with E-state index in [9.17, 15) is 0 Å². The molecule has 220 valence electrons. The summed E-state index contributed by atoms with van der Waals surface area (Å²) in [5.41, 5.74) is 8.64. The summed E-state index contributed by atoms with van der Waals surface area (Å²) in [6.07, 6.45) is 0. The summed E-state index contributed by atoms with van der Waals surface area (Å²) in [6.45, 7) is 0. The predicted molar refractivity (Wildman–Crippen MR) is 193 cm³/mol. The van der Waals surface area contributed by atoms with Crippen molar-refractivity contribution in [3.63, 3.8) is 0 Å². The Morgan fingerprint density at radius 3 is 1.45 bits per heavy atom. The zero-order valence-electron chi connectivity index (χ0n) is 25.5. The van der Waals surface area contributed by atoms with Gasteiger partial charge >= 0.3 is 0 Å². The van der Waals surface area contributed by atoms with Gasteiger partial charge in [-0.25, -0.2) is 15.0 Å². The minimum atomic E-state index is 0.639. The molecule has 0 fully saturated rings. The fourth-order valence-electron chi connectivity index (χ4n) is 6.55. The molecule has 0 aliphatic carbocycles. The topological polar surface area (TPSA) is 43.6 Å². The van der Waals surface area contributed by atoms with E-state index in [1.54, 1.807) is 0 Å². The molecule has 47 heavy (non-hydrogen) atoms. The van der Waals surface area contributed by atoms with Crippen LogP contribution >= 0.6 is 0 Å². The van der Waals surface area contributed by atoms with E-state index in [0.29, 0.717) is 17.5 Å². The minimum Gasteiger partial charge on any atom is -0.309 e. The summed E-state index contributed by atoms with van der Waals surface area (Å²) in [5.74, 6) is 1.93. The Kier molecular flexibility index (Phi) is 6.43. The molecule has 0 saturated carbocycles. The second kappa shape index (κ2) is 11.2. The smallest absolute Gasteiger partial charge is 0.164 e. The van der Waals surface area contributed by atoms with E-state index in [0.717, 1.165) is 27.9 Å². The van der Waals surface area contributed by atoms with Crippen molar-refractivity contribution in [3.8, 4) is 51.0 Å². The van der Waals surface area contributed by atoms with E-state index in [2.05, 4.69) is 138 Å². The zero-order chi connectivity index (χ0) is 31.2. The molecule has 2 heterocycles. The Morgan fingerprint density at radius 1 is 0.319 bits per heavy atom. The van der Waals surface area contributed by atoms with Crippen LogP contribution in [0.5, 0.6) is 0 Å². The minimum absolute atomic E-state index is 0.639. The second-order valence-electron chi connectivity index (χ2n) is 11.7. The molecule has 0 unspecified atom stereocenters. The first kappa shape index (κ1) is 27.0. The maximum absolute atomic E-state index is 5.01. The summed E-state index contributed by atoms with van der Waals surface area (Å²) in [7, 11) is 0. The second-order valence-corrected chi connectivity index (χ2v) is 11.7. The standard InChI is InChI=1S/C43H28N4/c1-3-11-29(12-4-1)30-19-21-33(22-20-30)42-44-41(32-14-5-2-6-15-32)45-43(46-42)34-23-26-35(27-24-34)47-39-18-10-9-17-37(39)38-28-25-31-13-7-8-16-36(31)40(38)47/h1-28H. The maximum atomic E-state index is 5.01. The van der Waals surface area contributed by atoms with Crippen molar-refractivity contribution in [3.05, 3.63) is 170 Å². The average molecular weight is 601 g/mol. The number of hydrogen-bond acceptors (Lipinski definition) is 3. The van der Waals surface area contributed by atoms with E-state index in [-0.39, 0.29) is 0 Å². The van der Waals surface area contributed by atoms with Gasteiger partial charge in [0.25, 0.3) is 0 Å². The van der Waals surface area contributed by atoms with E-state index in [1.807, 2.05) is 36.4 Å². The number of hydrogen-bond donors (Lipinski definition) is 0. The number of fused-ring (bicyclic) bond motifs is 5. The van der Waals surface area contributed by atoms with Crippen LogP contribution in [-0.4, -0.2) is 19.5 Å². The van der Waals surface area contributed by atoms with Gasteiger partial charge in [-0.1, -0.05) is 140 Å². The Bertz CT molecular complexity index is 2530. The molecule has 0 amide bonds. The van der Waals surface area contributed by atoms with Crippen molar-refractivity contribution in [1.29, 1.82) is 0 Å². The molecule has 0 aliphatic heterocycles. The maximum Gasteiger partial charge on any atom is 0.164 e. The van der Waals surface area contributed by atoms with Gasteiger partial charge in [-0.15, -0.1) is 0 Å². The van der Waals surface area contributed by atoms with Crippen LogP contribution < -0.4 is 0 Å². The van der Waals surface area contributed by atoms with Crippen LogP contribution in [0.2, 0.25) is 0 Å². The molecular weight excluding hydrogens is 573 g/mol. The molecule has 4 heteroatoms. The van der Waals surface area contributed by atoms with Crippen molar-refractivity contribution in [2.45, 2.75) is 0 Å². The molecule has 4 nitrogen and oxygen atoms in total. The number of rotatable bonds is 5. The van der Waals surface area contributed by atoms with Gasteiger partial charge in [-0.2, -0.15) is 0 Å². The first-order valence-electron chi connectivity index (χ1n) is 15.8. The Balaban J connectivity index is 1.17. The monoisotopic (exact) mass is 600 g/mol. The van der Waals surface area contributed by atoms with Crippen molar-refractivity contribution in [1.82, 2.24) is 19.5 Å². The predicted octanol–water partition coefficient (Wildman–Crippen LogP) is 10.8. The summed E-state index contributed by atoms with van der Waals surface area (Å²) >= 11 is 0. The van der Waals surface area contributed by atoms with Crippen LogP contribution in [-0.2, 0) is 0 Å². The summed E-state index contributed by atoms with van der Waals surface area (Å²) in [6, 6.07) is 59.2. The van der Waals surface area contributed by atoms with Crippen LogP contribution in [0, 0.1) is 0 Å². The fourth-order valence-corrected chi connectivity index (χ4v) is 6.55. The normalized spacial score (nSPS) is 11.4. The molecule has 0 atom stereocenters. The van der Waals surface area contributed by atoms with E-state index < -0.39 is 0 Å². The Morgan fingerprint density at radius 2 is 0.787 bits per heavy atom. The lowest BCUT2D eigenvalue weighted by Crippen LogP contribution is -2.00. The van der Waals surface area contributed by atoms with Gasteiger partial charge in [-0.3, -0.25) is 0 Å².